The predicted molar refractivity (Wildman–Crippen MR) is 70.4 cm³/mol. The van der Waals surface area contributed by atoms with Gasteiger partial charge in [-0.25, -0.2) is 0 Å². The van der Waals surface area contributed by atoms with Gasteiger partial charge < -0.3 is 4.55 Å². The minimum Gasteiger partial charge on any atom is -0.772 e. The molecule has 5 unspecified atom stereocenters. The zero-order valence-electron chi connectivity index (χ0n) is 10.7. The maximum atomic E-state index is 10.8. The highest BCUT2D eigenvalue weighted by molar-refractivity contribution is 7.79. The molecular weight excluding hydrogens is 244 g/mol. The Morgan fingerprint density at radius 3 is 2.19 bits per heavy atom. The number of halogens is 1. The zero-order valence-corrected chi connectivity index (χ0v) is 12.3. The molecule has 0 fully saturated rings. The summed E-state index contributed by atoms with van der Waals surface area (Å²) < 4.78 is 21.5. The average Bonchev–Trinajstić information content (AvgIpc) is 2.24. The lowest BCUT2D eigenvalue weighted by Gasteiger charge is -2.26. The van der Waals surface area contributed by atoms with Gasteiger partial charge in [-0.1, -0.05) is 45.2 Å². The standard InChI is InChI=1S/C12H25ClO2S/c1-5-10(3)12(8-13)7-9(2)6-11(4)16(14)15/h9-12H,5-8H2,1-4H3,(H,14,15)/p-1. The molecule has 0 aromatic carbocycles. The van der Waals surface area contributed by atoms with Crippen LogP contribution in [0.15, 0.2) is 0 Å². The lowest BCUT2D eigenvalue weighted by atomic mass is 9.84. The molecule has 0 radical (unpaired) electrons. The van der Waals surface area contributed by atoms with Crippen LogP contribution in [-0.4, -0.2) is 19.9 Å². The van der Waals surface area contributed by atoms with Crippen molar-refractivity contribution >= 4 is 22.7 Å². The van der Waals surface area contributed by atoms with Gasteiger partial charge in [0.05, 0.1) is 0 Å². The lowest BCUT2D eigenvalue weighted by Crippen LogP contribution is -2.20. The summed E-state index contributed by atoms with van der Waals surface area (Å²) >= 11 is 4.02. The summed E-state index contributed by atoms with van der Waals surface area (Å²) in [7, 11) is 0. The third kappa shape index (κ3) is 6.21. The molecular formula is C12H24ClO2S-. The summed E-state index contributed by atoms with van der Waals surface area (Å²) in [5, 5.41) is -0.247. The first kappa shape index (κ1) is 16.4. The first-order valence-corrected chi connectivity index (χ1v) is 7.73. The summed E-state index contributed by atoms with van der Waals surface area (Å²) in [6.45, 7) is 8.27. The first-order valence-electron chi connectivity index (χ1n) is 6.06. The summed E-state index contributed by atoms with van der Waals surface area (Å²) in [5.74, 6) is 2.22. The Morgan fingerprint density at radius 1 is 1.25 bits per heavy atom. The van der Waals surface area contributed by atoms with Crippen LogP contribution in [0.3, 0.4) is 0 Å². The van der Waals surface area contributed by atoms with Crippen molar-refractivity contribution in [2.24, 2.45) is 17.8 Å². The Labute approximate surface area is 107 Å². The van der Waals surface area contributed by atoms with E-state index in [2.05, 4.69) is 20.8 Å². The average molecular weight is 268 g/mol. The van der Waals surface area contributed by atoms with Crippen molar-refractivity contribution in [3.05, 3.63) is 0 Å². The summed E-state index contributed by atoms with van der Waals surface area (Å²) in [6, 6.07) is 0. The highest BCUT2D eigenvalue weighted by Gasteiger charge is 2.19. The summed E-state index contributed by atoms with van der Waals surface area (Å²) in [4.78, 5) is 0. The second-order valence-corrected chi connectivity index (χ2v) is 6.58. The minimum absolute atomic E-state index is 0.247. The molecule has 0 aliphatic carbocycles. The zero-order chi connectivity index (χ0) is 12.7. The van der Waals surface area contributed by atoms with Gasteiger partial charge in [-0.15, -0.1) is 11.6 Å². The lowest BCUT2D eigenvalue weighted by molar-refractivity contribution is 0.301. The fourth-order valence-electron chi connectivity index (χ4n) is 2.04. The largest absolute Gasteiger partial charge is 0.772 e. The molecule has 0 saturated heterocycles. The van der Waals surface area contributed by atoms with Crippen molar-refractivity contribution in [3.63, 3.8) is 0 Å². The number of hydrogen-bond acceptors (Lipinski definition) is 2. The first-order chi connectivity index (χ1) is 7.42. The van der Waals surface area contributed by atoms with Gasteiger partial charge in [0.1, 0.15) is 0 Å². The van der Waals surface area contributed by atoms with E-state index in [4.69, 9.17) is 11.6 Å². The van der Waals surface area contributed by atoms with Crippen molar-refractivity contribution in [1.82, 2.24) is 0 Å². The molecule has 0 N–H and O–H groups in total. The summed E-state index contributed by atoms with van der Waals surface area (Å²) in [5.41, 5.74) is 0. The van der Waals surface area contributed by atoms with E-state index in [1.807, 2.05) is 0 Å². The maximum absolute atomic E-state index is 10.8. The SMILES string of the molecule is CCC(C)C(CCl)CC(C)CC(C)S(=O)[O-]. The molecule has 0 aliphatic heterocycles. The van der Waals surface area contributed by atoms with Crippen molar-refractivity contribution in [2.75, 3.05) is 5.88 Å². The molecule has 0 amide bonds. The third-order valence-electron chi connectivity index (χ3n) is 3.41. The van der Waals surface area contributed by atoms with Crippen LogP contribution in [0.25, 0.3) is 0 Å². The van der Waals surface area contributed by atoms with Crippen LogP contribution in [0.2, 0.25) is 0 Å². The Morgan fingerprint density at radius 2 is 1.81 bits per heavy atom. The van der Waals surface area contributed by atoms with Gasteiger partial charge in [0, 0.05) is 11.1 Å². The maximum Gasteiger partial charge on any atom is 0.0254 e. The van der Waals surface area contributed by atoms with E-state index < -0.39 is 11.1 Å². The Kier molecular flexibility index (Phi) is 8.70. The van der Waals surface area contributed by atoms with Gasteiger partial charge in [0.2, 0.25) is 0 Å². The van der Waals surface area contributed by atoms with E-state index in [-0.39, 0.29) is 5.25 Å². The van der Waals surface area contributed by atoms with E-state index in [1.165, 1.54) is 0 Å². The van der Waals surface area contributed by atoms with Crippen molar-refractivity contribution in [1.29, 1.82) is 0 Å². The Bertz CT molecular complexity index is 211. The van der Waals surface area contributed by atoms with Crippen LogP contribution >= 0.6 is 11.6 Å². The second-order valence-electron chi connectivity index (χ2n) is 4.95. The van der Waals surface area contributed by atoms with Crippen LogP contribution in [0, 0.1) is 17.8 Å². The molecule has 0 heterocycles. The molecule has 5 atom stereocenters. The van der Waals surface area contributed by atoms with Gasteiger partial charge in [0.25, 0.3) is 0 Å². The fourth-order valence-corrected chi connectivity index (χ4v) is 2.95. The topological polar surface area (TPSA) is 40.1 Å². The number of hydrogen-bond donors (Lipinski definition) is 0. The molecule has 0 aromatic heterocycles. The van der Waals surface area contributed by atoms with E-state index in [9.17, 15) is 8.76 Å². The van der Waals surface area contributed by atoms with Gasteiger partial charge in [0.15, 0.2) is 0 Å². The van der Waals surface area contributed by atoms with Crippen molar-refractivity contribution in [2.45, 2.75) is 52.2 Å². The number of alkyl halides is 1. The van der Waals surface area contributed by atoms with Gasteiger partial charge in [-0.05, 0) is 30.6 Å². The highest BCUT2D eigenvalue weighted by Crippen LogP contribution is 2.26. The Hall–Kier alpha value is 0.400. The molecule has 0 bridgehead atoms. The summed E-state index contributed by atoms with van der Waals surface area (Å²) in [6.07, 6.45) is 2.90. The molecule has 0 aliphatic rings. The van der Waals surface area contributed by atoms with Crippen LogP contribution in [0.4, 0.5) is 0 Å². The molecule has 4 heteroatoms. The molecule has 98 valence electrons. The van der Waals surface area contributed by atoms with Gasteiger partial charge >= 0.3 is 0 Å². The van der Waals surface area contributed by atoms with Crippen LogP contribution in [0.1, 0.15) is 47.0 Å². The second kappa shape index (κ2) is 8.48. The van der Waals surface area contributed by atoms with E-state index in [0.717, 1.165) is 19.3 Å². The van der Waals surface area contributed by atoms with Crippen molar-refractivity contribution in [3.8, 4) is 0 Å². The molecule has 0 spiro atoms. The number of rotatable bonds is 8. The molecule has 0 saturated carbocycles. The molecule has 0 aromatic rings. The quantitative estimate of drug-likeness (QED) is 0.498. The predicted octanol–water partition coefficient (Wildman–Crippen LogP) is 3.57. The van der Waals surface area contributed by atoms with Crippen LogP contribution in [-0.2, 0) is 11.1 Å². The third-order valence-corrected chi connectivity index (χ3v) is 4.66. The highest BCUT2D eigenvalue weighted by atomic mass is 35.5. The van der Waals surface area contributed by atoms with Gasteiger partial charge in [-0.3, -0.25) is 4.21 Å². The van der Waals surface area contributed by atoms with Crippen LogP contribution < -0.4 is 0 Å². The van der Waals surface area contributed by atoms with Crippen molar-refractivity contribution < 1.29 is 8.76 Å². The van der Waals surface area contributed by atoms with Crippen LogP contribution in [0.5, 0.6) is 0 Å². The van der Waals surface area contributed by atoms with E-state index in [1.54, 1.807) is 6.92 Å². The fraction of sp³-hybridized carbons (Fsp3) is 1.00. The monoisotopic (exact) mass is 267 g/mol. The minimum atomic E-state index is -1.94. The van der Waals surface area contributed by atoms with Gasteiger partial charge in [-0.2, -0.15) is 0 Å². The smallest absolute Gasteiger partial charge is 0.0254 e. The molecule has 2 nitrogen and oxygen atoms in total. The Balaban J connectivity index is 4.10. The molecule has 0 rings (SSSR count). The normalized spacial score (nSPS) is 21.1. The van der Waals surface area contributed by atoms with E-state index >= 15 is 0 Å². The molecule has 16 heavy (non-hydrogen) atoms. The van der Waals surface area contributed by atoms with E-state index in [0.29, 0.717) is 23.6 Å².